The van der Waals surface area contributed by atoms with Gasteiger partial charge in [-0.25, -0.2) is 9.97 Å². The van der Waals surface area contributed by atoms with E-state index in [9.17, 15) is 0 Å². The van der Waals surface area contributed by atoms with Gasteiger partial charge in [0.05, 0.1) is 37.4 Å². The van der Waals surface area contributed by atoms with Gasteiger partial charge in [-0.15, -0.1) is 0 Å². The molecule has 0 aliphatic heterocycles. The van der Waals surface area contributed by atoms with Crippen LogP contribution in [0.4, 0.5) is 5.69 Å². The van der Waals surface area contributed by atoms with Crippen molar-refractivity contribution in [2.24, 2.45) is 0 Å². The summed E-state index contributed by atoms with van der Waals surface area (Å²) in [6, 6.07) is 5.60. The van der Waals surface area contributed by atoms with Crippen molar-refractivity contribution >= 4 is 5.69 Å². The number of hydrogen-bond donors (Lipinski definition) is 1. The quantitative estimate of drug-likeness (QED) is 0.893. The number of nitrogens with two attached hydrogens (primary N) is 1. The Balaban J connectivity index is 2.52. The highest BCUT2D eigenvalue weighted by atomic mass is 16.5. The number of ether oxygens (including phenoxy) is 2. The van der Waals surface area contributed by atoms with Gasteiger partial charge in [-0.05, 0) is 19.1 Å². The molecular formula is C13H15N3O2. The van der Waals surface area contributed by atoms with Crippen molar-refractivity contribution in [2.45, 2.75) is 6.92 Å². The van der Waals surface area contributed by atoms with Gasteiger partial charge in [0.25, 0.3) is 0 Å². The van der Waals surface area contributed by atoms with Crippen LogP contribution in [-0.2, 0) is 0 Å². The maximum absolute atomic E-state index is 5.61. The van der Waals surface area contributed by atoms with E-state index in [0.29, 0.717) is 29.6 Å². The molecule has 0 fully saturated rings. The first kappa shape index (κ1) is 12.2. The van der Waals surface area contributed by atoms with Gasteiger partial charge in [-0.3, -0.25) is 0 Å². The highest BCUT2D eigenvalue weighted by molar-refractivity contribution is 5.68. The Morgan fingerprint density at radius 3 is 2.56 bits per heavy atom. The van der Waals surface area contributed by atoms with E-state index in [-0.39, 0.29) is 0 Å². The third kappa shape index (κ3) is 2.34. The van der Waals surface area contributed by atoms with Crippen LogP contribution in [0, 0.1) is 0 Å². The number of nitrogens with zero attached hydrogens (tertiary/aromatic N) is 2. The second-order valence-electron chi connectivity index (χ2n) is 3.61. The lowest BCUT2D eigenvalue weighted by Gasteiger charge is -2.13. The van der Waals surface area contributed by atoms with Gasteiger partial charge in [0.2, 0.25) is 0 Å². The predicted molar refractivity (Wildman–Crippen MR) is 69.6 cm³/mol. The Hall–Kier alpha value is -2.30. The number of methoxy groups -OCH3 is 1. The van der Waals surface area contributed by atoms with Crippen molar-refractivity contribution in [1.82, 2.24) is 9.97 Å². The van der Waals surface area contributed by atoms with Crippen molar-refractivity contribution in [3.8, 4) is 22.9 Å². The van der Waals surface area contributed by atoms with Crippen LogP contribution in [0.2, 0.25) is 0 Å². The Labute approximate surface area is 106 Å². The van der Waals surface area contributed by atoms with E-state index in [0.717, 1.165) is 5.56 Å². The first-order chi connectivity index (χ1) is 8.76. The first-order valence-corrected chi connectivity index (χ1v) is 5.64. The number of nitrogen functional groups attached to an aromatic ring is 1. The van der Waals surface area contributed by atoms with Gasteiger partial charge in [0, 0.05) is 0 Å². The van der Waals surface area contributed by atoms with E-state index >= 15 is 0 Å². The Morgan fingerprint density at radius 1 is 1.22 bits per heavy atom. The van der Waals surface area contributed by atoms with Gasteiger partial charge in [0.1, 0.15) is 0 Å². The molecule has 2 aromatic rings. The molecule has 0 aliphatic rings. The van der Waals surface area contributed by atoms with Crippen molar-refractivity contribution < 1.29 is 9.47 Å². The molecule has 0 saturated carbocycles. The van der Waals surface area contributed by atoms with E-state index in [2.05, 4.69) is 9.97 Å². The number of aromatic nitrogens is 2. The molecule has 0 bridgehead atoms. The molecule has 1 aromatic carbocycles. The summed E-state index contributed by atoms with van der Waals surface area (Å²) < 4.78 is 10.9. The molecule has 2 rings (SSSR count). The van der Waals surface area contributed by atoms with Crippen LogP contribution in [0.1, 0.15) is 6.92 Å². The van der Waals surface area contributed by atoms with Crippen molar-refractivity contribution in [2.75, 3.05) is 19.5 Å². The average molecular weight is 245 g/mol. The van der Waals surface area contributed by atoms with Gasteiger partial charge < -0.3 is 15.2 Å². The fourth-order valence-electron chi connectivity index (χ4n) is 1.62. The second-order valence-corrected chi connectivity index (χ2v) is 3.61. The van der Waals surface area contributed by atoms with Gasteiger partial charge in [-0.1, -0.05) is 6.07 Å². The number of benzene rings is 1. The zero-order valence-corrected chi connectivity index (χ0v) is 10.4. The van der Waals surface area contributed by atoms with Gasteiger partial charge in [-0.2, -0.15) is 0 Å². The molecule has 94 valence electrons. The molecule has 2 N–H and O–H groups in total. The summed E-state index contributed by atoms with van der Waals surface area (Å²) in [5.74, 6) is 1.87. The first-order valence-electron chi connectivity index (χ1n) is 5.64. The van der Waals surface area contributed by atoms with Crippen LogP contribution in [0.3, 0.4) is 0 Å². The highest BCUT2D eigenvalue weighted by Gasteiger charge is 2.13. The molecule has 0 radical (unpaired) electrons. The number of rotatable bonds is 4. The fraction of sp³-hybridized carbons (Fsp3) is 0.231. The minimum Gasteiger partial charge on any atom is -0.493 e. The normalized spacial score (nSPS) is 10.1. The monoisotopic (exact) mass is 245 g/mol. The number of hydrogen-bond acceptors (Lipinski definition) is 5. The largest absolute Gasteiger partial charge is 0.493 e. The Bertz CT molecular complexity index is 526. The Kier molecular flexibility index (Phi) is 3.62. The van der Waals surface area contributed by atoms with Crippen LogP contribution in [-0.4, -0.2) is 23.7 Å². The van der Waals surface area contributed by atoms with Crippen LogP contribution in [0.15, 0.2) is 30.6 Å². The summed E-state index contributed by atoms with van der Waals surface area (Å²) in [6.07, 6.45) is 3.13. The molecule has 0 unspecified atom stereocenters. The molecule has 5 heteroatoms. The van der Waals surface area contributed by atoms with E-state index in [4.69, 9.17) is 15.2 Å². The molecule has 5 nitrogen and oxygen atoms in total. The lowest BCUT2D eigenvalue weighted by Crippen LogP contribution is -2.00. The molecule has 1 heterocycles. The number of para-hydroxylation sites is 1. The van der Waals surface area contributed by atoms with Crippen LogP contribution in [0.25, 0.3) is 11.4 Å². The zero-order valence-electron chi connectivity index (χ0n) is 10.4. The molecule has 1 aromatic heterocycles. The third-order valence-corrected chi connectivity index (χ3v) is 2.40. The van der Waals surface area contributed by atoms with Crippen molar-refractivity contribution in [3.63, 3.8) is 0 Å². The molecule has 18 heavy (non-hydrogen) atoms. The summed E-state index contributed by atoms with van der Waals surface area (Å²) >= 11 is 0. The van der Waals surface area contributed by atoms with Crippen LogP contribution in [0.5, 0.6) is 11.5 Å². The van der Waals surface area contributed by atoms with Gasteiger partial charge in [0.15, 0.2) is 17.3 Å². The van der Waals surface area contributed by atoms with Crippen LogP contribution < -0.4 is 15.2 Å². The minimum atomic E-state index is 0.527. The SMILES string of the molecule is CCOc1c(OC)cccc1-c1ncc(N)cn1. The summed E-state index contributed by atoms with van der Waals surface area (Å²) in [5.41, 5.74) is 6.89. The summed E-state index contributed by atoms with van der Waals surface area (Å²) in [6.45, 7) is 2.46. The minimum absolute atomic E-state index is 0.527. The van der Waals surface area contributed by atoms with Crippen molar-refractivity contribution in [1.29, 1.82) is 0 Å². The summed E-state index contributed by atoms with van der Waals surface area (Å²) in [5, 5.41) is 0. The van der Waals surface area contributed by atoms with Gasteiger partial charge >= 0.3 is 0 Å². The van der Waals surface area contributed by atoms with E-state index < -0.39 is 0 Å². The number of anilines is 1. The smallest absolute Gasteiger partial charge is 0.172 e. The second kappa shape index (κ2) is 5.35. The zero-order chi connectivity index (χ0) is 13.0. The lowest BCUT2D eigenvalue weighted by atomic mass is 10.1. The third-order valence-electron chi connectivity index (χ3n) is 2.40. The maximum atomic E-state index is 5.61. The topological polar surface area (TPSA) is 70.3 Å². The van der Waals surface area contributed by atoms with E-state index in [1.807, 2.05) is 25.1 Å². The average Bonchev–Trinajstić information content (AvgIpc) is 2.40. The Morgan fingerprint density at radius 2 is 1.94 bits per heavy atom. The van der Waals surface area contributed by atoms with Crippen molar-refractivity contribution in [3.05, 3.63) is 30.6 Å². The molecule has 0 saturated heterocycles. The lowest BCUT2D eigenvalue weighted by molar-refractivity contribution is 0.312. The molecular weight excluding hydrogens is 230 g/mol. The molecule has 0 aliphatic carbocycles. The predicted octanol–water partition coefficient (Wildman–Crippen LogP) is 2.13. The summed E-state index contributed by atoms with van der Waals surface area (Å²) in [4.78, 5) is 8.39. The van der Waals surface area contributed by atoms with E-state index in [1.54, 1.807) is 19.5 Å². The van der Waals surface area contributed by atoms with E-state index in [1.165, 1.54) is 0 Å². The fourth-order valence-corrected chi connectivity index (χ4v) is 1.62. The highest BCUT2D eigenvalue weighted by Crippen LogP contribution is 2.36. The summed E-state index contributed by atoms with van der Waals surface area (Å²) in [7, 11) is 1.60. The maximum Gasteiger partial charge on any atom is 0.172 e. The molecule has 0 atom stereocenters. The van der Waals surface area contributed by atoms with Crippen LogP contribution >= 0.6 is 0 Å². The molecule has 0 amide bonds. The molecule has 0 spiro atoms. The standard InChI is InChI=1S/C13H15N3O2/c1-3-18-12-10(5-4-6-11(12)17-2)13-15-7-9(14)8-16-13/h4-8H,3,14H2,1-2H3.